The summed E-state index contributed by atoms with van der Waals surface area (Å²) in [4.78, 5) is 15.2. The van der Waals surface area contributed by atoms with Gasteiger partial charge in [-0.05, 0) is 43.4 Å². The molecule has 0 aliphatic heterocycles. The van der Waals surface area contributed by atoms with Crippen molar-refractivity contribution in [3.8, 4) is 0 Å². The topological polar surface area (TPSA) is 65.1 Å². The number of carbonyl (C=O) groups excluding carboxylic acids is 1. The van der Waals surface area contributed by atoms with Gasteiger partial charge in [-0.15, -0.1) is 0 Å². The van der Waals surface area contributed by atoms with Crippen molar-refractivity contribution in [2.24, 2.45) is 0 Å². The van der Waals surface area contributed by atoms with E-state index in [1.165, 1.54) is 5.56 Å². The molecule has 3 N–H and O–H groups in total. The van der Waals surface area contributed by atoms with E-state index in [0.717, 1.165) is 24.1 Å². The average Bonchev–Trinajstić information content (AvgIpc) is 2.92. The normalized spacial score (nSPS) is 20.9. The Hall–Kier alpha value is -2.07. The van der Waals surface area contributed by atoms with Crippen LogP contribution in [-0.2, 0) is 12.0 Å². The smallest absolute Gasteiger partial charge is 0.253 e. The van der Waals surface area contributed by atoms with Crippen LogP contribution in [0.3, 0.4) is 0 Å². The Labute approximate surface area is 124 Å². The number of fused-ring (bicyclic) bond motifs is 1. The third-order valence-corrected chi connectivity index (χ3v) is 4.30. The summed E-state index contributed by atoms with van der Waals surface area (Å²) in [6.45, 7) is 2.10. The third-order valence-electron chi connectivity index (χ3n) is 4.30. The zero-order valence-corrected chi connectivity index (χ0v) is 12.1. The Balaban J connectivity index is 1.76. The molecule has 1 aromatic carbocycles. The van der Waals surface area contributed by atoms with Crippen molar-refractivity contribution < 1.29 is 9.90 Å². The highest BCUT2D eigenvalue weighted by Gasteiger charge is 2.34. The lowest BCUT2D eigenvalue weighted by Crippen LogP contribution is -2.43. The molecule has 0 radical (unpaired) electrons. The van der Waals surface area contributed by atoms with Crippen LogP contribution in [0, 0.1) is 6.92 Å². The van der Waals surface area contributed by atoms with E-state index in [4.69, 9.17) is 0 Å². The number of nitrogens with one attached hydrogen (secondary N) is 2. The first-order valence-electron chi connectivity index (χ1n) is 7.33. The van der Waals surface area contributed by atoms with Gasteiger partial charge >= 0.3 is 0 Å². The van der Waals surface area contributed by atoms with Crippen LogP contribution in [0.2, 0.25) is 0 Å². The van der Waals surface area contributed by atoms with Crippen molar-refractivity contribution in [2.45, 2.75) is 31.8 Å². The number of H-pyrrole nitrogens is 1. The number of aromatic amines is 1. The maximum absolute atomic E-state index is 12.2. The van der Waals surface area contributed by atoms with E-state index >= 15 is 0 Å². The molecule has 0 fully saturated rings. The lowest BCUT2D eigenvalue weighted by molar-refractivity contribution is 0.0189. The van der Waals surface area contributed by atoms with Crippen molar-refractivity contribution in [3.05, 3.63) is 58.9 Å². The maximum atomic E-state index is 12.2. The molecule has 21 heavy (non-hydrogen) atoms. The van der Waals surface area contributed by atoms with E-state index < -0.39 is 5.60 Å². The van der Waals surface area contributed by atoms with Gasteiger partial charge in [0.25, 0.3) is 5.91 Å². The van der Waals surface area contributed by atoms with Gasteiger partial charge in [0.05, 0.1) is 12.1 Å². The zero-order chi connectivity index (χ0) is 14.9. The van der Waals surface area contributed by atoms with Crippen LogP contribution in [0.4, 0.5) is 0 Å². The molecule has 1 aliphatic carbocycles. The lowest BCUT2D eigenvalue weighted by Gasteiger charge is -2.34. The molecule has 0 saturated heterocycles. The second-order valence-electron chi connectivity index (χ2n) is 5.74. The fourth-order valence-corrected chi connectivity index (χ4v) is 3.10. The molecule has 1 unspecified atom stereocenters. The molecule has 4 nitrogen and oxygen atoms in total. The molecule has 1 aromatic heterocycles. The van der Waals surface area contributed by atoms with Crippen molar-refractivity contribution in [1.29, 1.82) is 0 Å². The number of hydrogen-bond donors (Lipinski definition) is 3. The Morgan fingerprint density at radius 1 is 1.38 bits per heavy atom. The predicted octanol–water partition coefficient (Wildman–Crippen LogP) is 2.28. The van der Waals surface area contributed by atoms with Gasteiger partial charge in [-0.3, -0.25) is 4.79 Å². The summed E-state index contributed by atoms with van der Waals surface area (Å²) < 4.78 is 0. The number of aromatic nitrogens is 1. The van der Waals surface area contributed by atoms with Crippen LogP contribution in [0.1, 0.15) is 40.0 Å². The molecule has 0 saturated carbocycles. The summed E-state index contributed by atoms with van der Waals surface area (Å²) in [5.41, 5.74) is 2.63. The largest absolute Gasteiger partial charge is 0.383 e. The van der Waals surface area contributed by atoms with Crippen molar-refractivity contribution in [3.63, 3.8) is 0 Å². The molecule has 1 atom stereocenters. The van der Waals surface area contributed by atoms with Crippen LogP contribution < -0.4 is 5.32 Å². The number of aliphatic hydroxyl groups is 1. The standard InChI is InChI=1S/C17H20N2O2/c1-12-14(8-10-18-12)16(20)19-11-17(21)9-4-6-13-5-2-3-7-15(13)17/h2-3,5,7-8,10,18,21H,4,6,9,11H2,1H3,(H,19,20). The monoisotopic (exact) mass is 284 g/mol. The van der Waals surface area contributed by atoms with E-state index in [-0.39, 0.29) is 12.5 Å². The molecule has 110 valence electrons. The van der Waals surface area contributed by atoms with Gasteiger partial charge in [0.1, 0.15) is 5.60 Å². The minimum Gasteiger partial charge on any atom is -0.383 e. The summed E-state index contributed by atoms with van der Waals surface area (Å²) in [6.07, 6.45) is 4.35. The summed E-state index contributed by atoms with van der Waals surface area (Å²) >= 11 is 0. The second kappa shape index (κ2) is 5.37. The van der Waals surface area contributed by atoms with Crippen LogP contribution in [0.5, 0.6) is 0 Å². The highest BCUT2D eigenvalue weighted by atomic mass is 16.3. The van der Waals surface area contributed by atoms with Crippen LogP contribution in [0.25, 0.3) is 0 Å². The van der Waals surface area contributed by atoms with E-state index in [2.05, 4.69) is 16.4 Å². The second-order valence-corrected chi connectivity index (χ2v) is 5.74. The zero-order valence-electron chi connectivity index (χ0n) is 12.1. The minimum atomic E-state index is -0.964. The highest BCUT2D eigenvalue weighted by molar-refractivity contribution is 5.95. The summed E-state index contributed by atoms with van der Waals surface area (Å²) in [5.74, 6) is -0.148. The Bertz CT molecular complexity index is 662. The van der Waals surface area contributed by atoms with E-state index in [9.17, 15) is 9.90 Å². The summed E-state index contributed by atoms with van der Waals surface area (Å²) in [7, 11) is 0. The number of rotatable bonds is 3. The van der Waals surface area contributed by atoms with E-state index in [0.29, 0.717) is 12.0 Å². The van der Waals surface area contributed by atoms with Gasteiger partial charge in [0.15, 0.2) is 0 Å². The maximum Gasteiger partial charge on any atom is 0.253 e. The Morgan fingerprint density at radius 3 is 2.95 bits per heavy atom. The van der Waals surface area contributed by atoms with Crippen LogP contribution in [-0.4, -0.2) is 22.5 Å². The number of hydrogen-bond acceptors (Lipinski definition) is 2. The molecular weight excluding hydrogens is 264 g/mol. The van der Waals surface area contributed by atoms with E-state index in [1.807, 2.05) is 25.1 Å². The van der Waals surface area contributed by atoms with Crippen LogP contribution in [0.15, 0.2) is 36.5 Å². The Kier molecular flexibility index (Phi) is 3.55. The summed E-state index contributed by atoms with van der Waals surface area (Å²) in [6, 6.07) is 9.70. The molecular formula is C17H20N2O2. The van der Waals surface area contributed by atoms with E-state index in [1.54, 1.807) is 12.3 Å². The van der Waals surface area contributed by atoms with Gasteiger partial charge in [0, 0.05) is 11.9 Å². The van der Waals surface area contributed by atoms with Crippen molar-refractivity contribution in [2.75, 3.05) is 6.54 Å². The minimum absolute atomic E-state index is 0.148. The molecule has 2 aromatic rings. The van der Waals surface area contributed by atoms with Gasteiger partial charge < -0.3 is 15.4 Å². The molecule has 0 spiro atoms. The van der Waals surface area contributed by atoms with Gasteiger partial charge in [0.2, 0.25) is 0 Å². The fourth-order valence-electron chi connectivity index (χ4n) is 3.10. The van der Waals surface area contributed by atoms with Gasteiger partial charge in [-0.25, -0.2) is 0 Å². The van der Waals surface area contributed by atoms with Gasteiger partial charge in [-0.1, -0.05) is 24.3 Å². The van der Waals surface area contributed by atoms with Crippen LogP contribution >= 0.6 is 0 Å². The van der Waals surface area contributed by atoms with Crippen molar-refractivity contribution >= 4 is 5.91 Å². The molecule has 0 bridgehead atoms. The van der Waals surface area contributed by atoms with Crippen molar-refractivity contribution in [1.82, 2.24) is 10.3 Å². The third kappa shape index (κ3) is 2.59. The summed E-state index contributed by atoms with van der Waals surface area (Å²) in [5, 5.41) is 13.8. The van der Waals surface area contributed by atoms with Gasteiger partial charge in [-0.2, -0.15) is 0 Å². The first kappa shape index (κ1) is 13.9. The number of carbonyl (C=O) groups is 1. The molecule has 3 rings (SSSR count). The number of amides is 1. The predicted molar refractivity (Wildman–Crippen MR) is 81.1 cm³/mol. The molecule has 1 amide bonds. The fraction of sp³-hybridized carbons (Fsp3) is 0.353. The number of benzene rings is 1. The molecule has 4 heteroatoms. The average molecular weight is 284 g/mol. The molecule has 1 aliphatic rings. The quantitative estimate of drug-likeness (QED) is 0.809. The Morgan fingerprint density at radius 2 is 2.19 bits per heavy atom. The molecule has 1 heterocycles. The SMILES string of the molecule is Cc1[nH]ccc1C(=O)NCC1(O)CCCc2ccccc21. The first-order valence-corrected chi connectivity index (χ1v) is 7.33. The highest BCUT2D eigenvalue weighted by Crippen LogP contribution is 2.34. The number of aryl methyl sites for hydroxylation is 2. The first-order chi connectivity index (χ1) is 10.1. The lowest BCUT2D eigenvalue weighted by atomic mass is 9.79.